The maximum atomic E-state index is 10.9. The summed E-state index contributed by atoms with van der Waals surface area (Å²) in [5, 5.41) is 10.9. The SMILES string of the molecule is CN(Cc1cc(Br)cc([N+](=O)[O-])c1)C1CCCCC1CN. The summed E-state index contributed by atoms with van der Waals surface area (Å²) in [4.78, 5) is 12.9. The van der Waals surface area contributed by atoms with Crippen molar-refractivity contribution in [3.63, 3.8) is 0 Å². The van der Waals surface area contributed by atoms with Gasteiger partial charge >= 0.3 is 0 Å². The van der Waals surface area contributed by atoms with E-state index in [9.17, 15) is 10.1 Å². The Labute approximate surface area is 133 Å². The Kier molecular flexibility index (Phi) is 5.72. The minimum atomic E-state index is -0.350. The average Bonchev–Trinajstić information content (AvgIpc) is 2.46. The number of halogens is 1. The lowest BCUT2D eigenvalue weighted by Gasteiger charge is -2.37. The molecule has 0 heterocycles. The third kappa shape index (κ3) is 4.25. The summed E-state index contributed by atoms with van der Waals surface area (Å²) in [6.45, 7) is 1.43. The van der Waals surface area contributed by atoms with Gasteiger partial charge in [0.15, 0.2) is 0 Å². The Bertz CT molecular complexity index is 510. The summed E-state index contributed by atoms with van der Waals surface area (Å²) in [7, 11) is 2.09. The molecule has 0 spiro atoms. The first-order valence-corrected chi connectivity index (χ1v) is 8.14. The Morgan fingerprint density at radius 1 is 1.38 bits per heavy atom. The third-order valence-electron chi connectivity index (χ3n) is 4.32. The largest absolute Gasteiger partial charge is 0.330 e. The van der Waals surface area contributed by atoms with Crippen LogP contribution in [0.1, 0.15) is 31.2 Å². The second-order valence-electron chi connectivity index (χ2n) is 5.84. The van der Waals surface area contributed by atoms with Crippen molar-refractivity contribution < 1.29 is 4.92 Å². The molecule has 0 radical (unpaired) electrons. The quantitative estimate of drug-likeness (QED) is 0.649. The number of rotatable bonds is 5. The minimum absolute atomic E-state index is 0.131. The van der Waals surface area contributed by atoms with Crippen LogP contribution in [0.4, 0.5) is 5.69 Å². The number of nitro benzene ring substituents is 1. The molecule has 1 aliphatic rings. The summed E-state index contributed by atoms with van der Waals surface area (Å²) in [5.41, 5.74) is 6.98. The number of hydrogen-bond acceptors (Lipinski definition) is 4. The molecule has 2 unspecified atom stereocenters. The van der Waals surface area contributed by atoms with Crippen LogP contribution in [0.2, 0.25) is 0 Å². The lowest BCUT2D eigenvalue weighted by molar-refractivity contribution is -0.385. The van der Waals surface area contributed by atoms with Crippen molar-refractivity contribution in [2.24, 2.45) is 11.7 Å². The molecule has 0 aromatic heterocycles. The van der Waals surface area contributed by atoms with Gasteiger partial charge in [-0.2, -0.15) is 0 Å². The smallest absolute Gasteiger partial charge is 0.270 e. The van der Waals surface area contributed by atoms with E-state index in [0.29, 0.717) is 25.0 Å². The van der Waals surface area contributed by atoms with Gasteiger partial charge in [0, 0.05) is 29.2 Å². The zero-order chi connectivity index (χ0) is 15.4. The van der Waals surface area contributed by atoms with E-state index in [0.717, 1.165) is 16.5 Å². The van der Waals surface area contributed by atoms with Crippen molar-refractivity contribution >= 4 is 21.6 Å². The molecule has 21 heavy (non-hydrogen) atoms. The average molecular weight is 356 g/mol. The molecule has 1 fully saturated rings. The summed E-state index contributed by atoms with van der Waals surface area (Å²) in [6, 6.07) is 5.61. The second kappa shape index (κ2) is 7.33. The lowest BCUT2D eigenvalue weighted by atomic mass is 9.83. The van der Waals surface area contributed by atoms with Gasteiger partial charge in [-0.15, -0.1) is 0 Å². The van der Waals surface area contributed by atoms with E-state index < -0.39 is 0 Å². The summed E-state index contributed by atoms with van der Waals surface area (Å²) < 4.78 is 0.749. The van der Waals surface area contributed by atoms with Gasteiger partial charge in [-0.05, 0) is 44.0 Å². The first-order chi connectivity index (χ1) is 10.0. The molecule has 116 valence electrons. The van der Waals surface area contributed by atoms with Gasteiger partial charge in [0.1, 0.15) is 0 Å². The molecule has 6 heteroatoms. The molecule has 0 aliphatic heterocycles. The minimum Gasteiger partial charge on any atom is -0.330 e. The molecule has 0 saturated heterocycles. The zero-order valence-electron chi connectivity index (χ0n) is 12.3. The van der Waals surface area contributed by atoms with Crippen LogP contribution < -0.4 is 5.73 Å². The van der Waals surface area contributed by atoms with Crippen LogP contribution in [0.15, 0.2) is 22.7 Å². The monoisotopic (exact) mass is 355 g/mol. The third-order valence-corrected chi connectivity index (χ3v) is 4.78. The molecule has 2 atom stereocenters. The van der Waals surface area contributed by atoms with E-state index >= 15 is 0 Å². The Balaban J connectivity index is 2.11. The van der Waals surface area contributed by atoms with Crippen molar-refractivity contribution in [2.45, 2.75) is 38.3 Å². The number of non-ortho nitro benzene ring substituents is 1. The predicted octanol–water partition coefficient (Wildman–Crippen LogP) is 3.31. The van der Waals surface area contributed by atoms with Gasteiger partial charge in [0.25, 0.3) is 5.69 Å². The van der Waals surface area contributed by atoms with Gasteiger partial charge in [0.05, 0.1) is 4.92 Å². The van der Waals surface area contributed by atoms with Crippen LogP contribution in [0.5, 0.6) is 0 Å². The van der Waals surface area contributed by atoms with Crippen LogP contribution in [-0.2, 0) is 6.54 Å². The highest BCUT2D eigenvalue weighted by Gasteiger charge is 2.27. The number of benzene rings is 1. The molecule has 2 rings (SSSR count). The Hall–Kier alpha value is -0.980. The van der Waals surface area contributed by atoms with Crippen molar-refractivity contribution in [1.82, 2.24) is 4.90 Å². The zero-order valence-corrected chi connectivity index (χ0v) is 13.9. The number of hydrogen-bond donors (Lipinski definition) is 1. The lowest BCUT2D eigenvalue weighted by Crippen LogP contribution is -2.42. The molecular formula is C15H22BrN3O2. The van der Waals surface area contributed by atoms with E-state index in [4.69, 9.17) is 5.73 Å². The Morgan fingerprint density at radius 2 is 2.10 bits per heavy atom. The van der Waals surface area contributed by atoms with Gasteiger partial charge < -0.3 is 5.73 Å². The molecule has 2 N–H and O–H groups in total. The predicted molar refractivity (Wildman–Crippen MR) is 87.1 cm³/mol. The van der Waals surface area contributed by atoms with Crippen LogP contribution in [0, 0.1) is 16.0 Å². The topological polar surface area (TPSA) is 72.4 Å². The van der Waals surface area contributed by atoms with E-state index in [2.05, 4.69) is 27.9 Å². The summed E-state index contributed by atoms with van der Waals surface area (Å²) >= 11 is 3.35. The van der Waals surface area contributed by atoms with Crippen molar-refractivity contribution in [3.8, 4) is 0 Å². The molecule has 1 aliphatic carbocycles. The first-order valence-electron chi connectivity index (χ1n) is 7.35. The van der Waals surface area contributed by atoms with Gasteiger partial charge in [-0.3, -0.25) is 15.0 Å². The van der Waals surface area contributed by atoms with E-state index in [1.165, 1.54) is 25.3 Å². The molecule has 1 aromatic carbocycles. The van der Waals surface area contributed by atoms with Crippen molar-refractivity contribution in [2.75, 3.05) is 13.6 Å². The summed E-state index contributed by atoms with van der Waals surface area (Å²) in [5.74, 6) is 0.533. The van der Waals surface area contributed by atoms with Gasteiger partial charge in [0.2, 0.25) is 0 Å². The maximum absolute atomic E-state index is 10.9. The molecule has 5 nitrogen and oxygen atoms in total. The molecule has 1 aromatic rings. The highest BCUT2D eigenvalue weighted by Crippen LogP contribution is 2.29. The van der Waals surface area contributed by atoms with Gasteiger partial charge in [-0.25, -0.2) is 0 Å². The fourth-order valence-corrected chi connectivity index (χ4v) is 3.81. The first kappa shape index (κ1) is 16.4. The number of nitro groups is 1. The van der Waals surface area contributed by atoms with Crippen LogP contribution in [0.3, 0.4) is 0 Å². The maximum Gasteiger partial charge on any atom is 0.270 e. The van der Waals surface area contributed by atoms with Gasteiger partial charge in [-0.1, -0.05) is 28.8 Å². The number of nitrogens with two attached hydrogens (primary N) is 1. The Morgan fingerprint density at radius 3 is 2.76 bits per heavy atom. The fraction of sp³-hybridized carbons (Fsp3) is 0.600. The molecule has 0 bridgehead atoms. The van der Waals surface area contributed by atoms with Crippen molar-refractivity contribution in [1.29, 1.82) is 0 Å². The van der Waals surface area contributed by atoms with E-state index in [1.807, 2.05) is 6.07 Å². The van der Waals surface area contributed by atoms with Crippen LogP contribution in [-0.4, -0.2) is 29.5 Å². The standard InChI is InChI=1S/C15H22BrN3O2/c1-18(15-5-3-2-4-12(15)9-17)10-11-6-13(16)8-14(7-11)19(20)21/h6-8,12,15H,2-5,9-10,17H2,1H3. The fourth-order valence-electron chi connectivity index (χ4n) is 3.28. The van der Waals surface area contributed by atoms with Crippen LogP contribution in [0.25, 0.3) is 0 Å². The molecule has 0 amide bonds. The van der Waals surface area contributed by atoms with Crippen molar-refractivity contribution in [3.05, 3.63) is 38.3 Å². The second-order valence-corrected chi connectivity index (χ2v) is 6.75. The highest BCUT2D eigenvalue weighted by molar-refractivity contribution is 9.10. The summed E-state index contributed by atoms with van der Waals surface area (Å²) in [6.07, 6.45) is 4.84. The highest BCUT2D eigenvalue weighted by atomic mass is 79.9. The molecular weight excluding hydrogens is 334 g/mol. The van der Waals surface area contributed by atoms with E-state index in [1.54, 1.807) is 6.07 Å². The van der Waals surface area contributed by atoms with Crippen LogP contribution >= 0.6 is 15.9 Å². The number of nitrogens with zero attached hydrogens (tertiary/aromatic N) is 2. The normalized spacial score (nSPS) is 22.5. The van der Waals surface area contributed by atoms with E-state index in [-0.39, 0.29) is 10.6 Å². The molecule has 1 saturated carbocycles.